The zero-order valence-corrected chi connectivity index (χ0v) is 15.8. The topological polar surface area (TPSA) is 32.3 Å². The van der Waals surface area contributed by atoms with Gasteiger partial charge in [0, 0.05) is 0 Å². The van der Waals surface area contributed by atoms with E-state index in [-0.39, 0.29) is 6.03 Å². The summed E-state index contributed by atoms with van der Waals surface area (Å²) >= 11 is 0.638. The fraction of sp³-hybridized carbons (Fsp3) is 0.923. The van der Waals surface area contributed by atoms with Crippen molar-refractivity contribution >= 4 is 36.4 Å². The summed E-state index contributed by atoms with van der Waals surface area (Å²) in [7, 11) is 0. The molecule has 0 aliphatic heterocycles. The summed E-state index contributed by atoms with van der Waals surface area (Å²) in [4.78, 5) is 12.1. The number of amides is 2. The molecule has 5 heteroatoms. The van der Waals surface area contributed by atoms with Crippen LogP contribution in [0.4, 0.5) is 4.79 Å². The molecule has 108 valence electrons. The first kappa shape index (κ1) is 18.3. The van der Waals surface area contributed by atoms with Crippen LogP contribution in [0.2, 0.25) is 10.6 Å². The van der Waals surface area contributed by atoms with E-state index in [4.69, 9.17) is 0 Å². The van der Waals surface area contributed by atoms with Crippen molar-refractivity contribution < 1.29 is 4.79 Å². The zero-order chi connectivity index (χ0) is 14.0. The molecule has 0 rings (SSSR count). The van der Waals surface area contributed by atoms with Crippen LogP contribution in [0.5, 0.6) is 0 Å². The molecular formula is C13H28N2OSe2. The van der Waals surface area contributed by atoms with Crippen molar-refractivity contribution in [3.8, 4) is 0 Å². The van der Waals surface area contributed by atoms with E-state index in [0.29, 0.717) is 42.2 Å². The first-order valence-electron chi connectivity index (χ1n) is 6.81. The Labute approximate surface area is 126 Å². The van der Waals surface area contributed by atoms with Crippen LogP contribution >= 0.6 is 0 Å². The van der Waals surface area contributed by atoms with E-state index in [0.717, 1.165) is 30.0 Å². The monoisotopic (exact) mass is 388 g/mol. The number of hydrogen-bond donors (Lipinski definition) is 1. The van der Waals surface area contributed by atoms with Gasteiger partial charge in [-0.1, -0.05) is 0 Å². The molecule has 0 saturated carbocycles. The average Bonchev–Trinajstić information content (AvgIpc) is 2.28. The van der Waals surface area contributed by atoms with Gasteiger partial charge < -0.3 is 0 Å². The first-order chi connectivity index (χ1) is 8.47. The third kappa shape index (κ3) is 10.3. The second kappa shape index (κ2) is 11.2. The number of hydrogen-bond acceptors (Lipinski definition) is 1. The van der Waals surface area contributed by atoms with Crippen LogP contribution in [-0.4, -0.2) is 45.9 Å². The van der Waals surface area contributed by atoms with E-state index in [1.165, 1.54) is 0 Å². The van der Waals surface area contributed by atoms with Crippen molar-refractivity contribution in [2.24, 2.45) is 11.8 Å². The number of urea groups is 1. The molecule has 2 amide bonds. The standard InChI is InChI=1S/C13H28N2OSe2/c1-6-7-8-14-13(16)15(17-9-11(2)3)18-10-12(4)5/h11-12H,6-10H2,1-5H3,(H,14,16). The molecule has 0 aliphatic carbocycles. The van der Waals surface area contributed by atoms with E-state index in [1.54, 1.807) is 0 Å². The molecule has 0 aromatic rings. The molecule has 0 radical (unpaired) electrons. The Morgan fingerprint density at radius 2 is 1.61 bits per heavy atom. The summed E-state index contributed by atoms with van der Waals surface area (Å²) in [6.07, 6.45) is 2.21. The van der Waals surface area contributed by atoms with Gasteiger partial charge >= 0.3 is 126 Å². The molecule has 0 heterocycles. The molecule has 0 aromatic heterocycles. The van der Waals surface area contributed by atoms with Crippen molar-refractivity contribution in [1.82, 2.24) is 8.25 Å². The van der Waals surface area contributed by atoms with Gasteiger partial charge in [-0.15, -0.1) is 0 Å². The van der Waals surface area contributed by atoms with Gasteiger partial charge in [0.25, 0.3) is 0 Å². The second-order valence-electron chi connectivity index (χ2n) is 5.22. The second-order valence-corrected chi connectivity index (χ2v) is 10.4. The van der Waals surface area contributed by atoms with Crippen LogP contribution < -0.4 is 5.32 Å². The van der Waals surface area contributed by atoms with Gasteiger partial charge in [-0.25, -0.2) is 0 Å². The Hall–Kier alpha value is 0.309. The molecular weight excluding hydrogens is 358 g/mol. The number of rotatable bonds is 9. The van der Waals surface area contributed by atoms with Crippen LogP contribution in [0.25, 0.3) is 0 Å². The Morgan fingerprint density at radius 3 is 2.00 bits per heavy atom. The summed E-state index contributed by atoms with van der Waals surface area (Å²) in [5.41, 5.74) is 0. The van der Waals surface area contributed by atoms with Gasteiger partial charge in [-0.05, 0) is 0 Å². The van der Waals surface area contributed by atoms with Crippen LogP contribution in [-0.2, 0) is 0 Å². The van der Waals surface area contributed by atoms with E-state index < -0.39 is 0 Å². The molecule has 0 aliphatic rings. The molecule has 0 aromatic carbocycles. The van der Waals surface area contributed by atoms with Crippen molar-refractivity contribution in [2.75, 3.05) is 6.54 Å². The average molecular weight is 386 g/mol. The van der Waals surface area contributed by atoms with Gasteiger partial charge in [0.1, 0.15) is 0 Å². The van der Waals surface area contributed by atoms with Crippen molar-refractivity contribution in [2.45, 2.75) is 58.1 Å². The van der Waals surface area contributed by atoms with E-state index >= 15 is 0 Å². The summed E-state index contributed by atoms with van der Waals surface area (Å²) in [5.74, 6) is 1.37. The van der Waals surface area contributed by atoms with E-state index in [2.05, 4.69) is 42.9 Å². The molecule has 0 spiro atoms. The van der Waals surface area contributed by atoms with Crippen LogP contribution in [0.3, 0.4) is 0 Å². The summed E-state index contributed by atoms with van der Waals surface area (Å²) in [6, 6.07) is 0.171. The van der Waals surface area contributed by atoms with Crippen molar-refractivity contribution in [1.29, 1.82) is 0 Å². The Morgan fingerprint density at radius 1 is 1.11 bits per heavy atom. The molecule has 1 N–H and O–H groups in total. The molecule has 0 saturated heterocycles. The Bertz CT molecular complexity index is 211. The normalized spacial score (nSPS) is 11.1. The third-order valence-corrected chi connectivity index (χ3v) is 9.42. The summed E-state index contributed by atoms with van der Waals surface area (Å²) < 4.78 is 2.11. The third-order valence-electron chi connectivity index (χ3n) is 2.02. The first-order valence-corrected chi connectivity index (χ1v) is 10.8. The Balaban J connectivity index is 4.11. The van der Waals surface area contributed by atoms with Crippen LogP contribution in [0.1, 0.15) is 47.5 Å². The summed E-state index contributed by atoms with van der Waals surface area (Å²) in [6.45, 7) is 11.9. The molecule has 0 fully saturated rings. The minimum atomic E-state index is 0.171. The van der Waals surface area contributed by atoms with E-state index in [9.17, 15) is 4.79 Å². The summed E-state index contributed by atoms with van der Waals surface area (Å²) in [5, 5.41) is 5.37. The molecule has 0 atom stereocenters. The van der Waals surface area contributed by atoms with E-state index in [1.807, 2.05) is 0 Å². The minimum absolute atomic E-state index is 0.171. The quantitative estimate of drug-likeness (QED) is 0.479. The number of nitrogens with one attached hydrogen (secondary N) is 1. The zero-order valence-electron chi connectivity index (χ0n) is 12.4. The molecule has 0 bridgehead atoms. The SMILES string of the molecule is CCCCNC(=O)N([Se]CC(C)C)[Se]CC(C)C. The maximum absolute atomic E-state index is 12.1. The maximum atomic E-state index is 12.1. The number of carbonyl (C=O) groups is 1. The van der Waals surface area contributed by atoms with Gasteiger partial charge in [0.05, 0.1) is 0 Å². The van der Waals surface area contributed by atoms with Gasteiger partial charge in [-0.3, -0.25) is 0 Å². The number of carbonyl (C=O) groups excluding carboxylic acids is 1. The fourth-order valence-corrected chi connectivity index (χ4v) is 5.90. The van der Waals surface area contributed by atoms with Crippen LogP contribution in [0, 0.1) is 11.8 Å². The molecule has 3 nitrogen and oxygen atoms in total. The predicted octanol–water partition coefficient (Wildman–Crippen LogP) is 3.19. The number of nitrogens with zero attached hydrogens (tertiary/aromatic N) is 1. The molecule has 18 heavy (non-hydrogen) atoms. The Kier molecular flexibility index (Phi) is 11.4. The van der Waals surface area contributed by atoms with Gasteiger partial charge in [0.15, 0.2) is 0 Å². The van der Waals surface area contributed by atoms with Gasteiger partial charge in [-0.2, -0.15) is 0 Å². The van der Waals surface area contributed by atoms with Crippen LogP contribution in [0.15, 0.2) is 0 Å². The fourth-order valence-electron chi connectivity index (χ4n) is 1.02. The van der Waals surface area contributed by atoms with Gasteiger partial charge in [0.2, 0.25) is 0 Å². The van der Waals surface area contributed by atoms with Crippen molar-refractivity contribution in [3.63, 3.8) is 0 Å². The predicted molar refractivity (Wildman–Crippen MR) is 80.9 cm³/mol. The number of unbranched alkanes of at least 4 members (excludes halogenated alkanes) is 1. The molecule has 0 unspecified atom stereocenters. The van der Waals surface area contributed by atoms with Crippen molar-refractivity contribution in [3.05, 3.63) is 0 Å².